The summed E-state index contributed by atoms with van der Waals surface area (Å²) in [6.45, 7) is 0.392. The molecule has 6 heteroatoms. The van der Waals surface area contributed by atoms with Gasteiger partial charge in [-0.2, -0.15) is 0 Å². The number of ether oxygens (including phenoxy) is 1. The maximum Gasteiger partial charge on any atom is 0.261 e. The van der Waals surface area contributed by atoms with Crippen molar-refractivity contribution in [2.45, 2.75) is 6.54 Å². The minimum absolute atomic E-state index is 0.0909. The molecule has 0 aliphatic rings. The van der Waals surface area contributed by atoms with Gasteiger partial charge in [0.2, 0.25) is 0 Å². The van der Waals surface area contributed by atoms with Gasteiger partial charge in [0.1, 0.15) is 5.75 Å². The fraction of sp³-hybridized carbons (Fsp3) is 0.143. The van der Waals surface area contributed by atoms with E-state index in [1.54, 1.807) is 24.8 Å². The highest BCUT2D eigenvalue weighted by Crippen LogP contribution is 2.30. The number of carbonyl (C=O) groups is 1. The number of methoxy groups -OCH3 is 1. The van der Waals surface area contributed by atoms with E-state index in [4.69, 9.17) is 4.74 Å². The summed E-state index contributed by atoms with van der Waals surface area (Å²) in [7, 11) is 3.37. The average molecular weight is 378 g/mol. The van der Waals surface area contributed by atoms with Crippen LogP contribution in [0.1, 0.15) is 15.2 Å². The van der Waals surface area contributed by atoms with Gasteiger partial charge in [0, 0.05) is 23.7 Å². The first-order valence-electron chi connectivity index (χ1n) is 8.51. The molecule has 5 nitrogen and oxygen atoms in total. The van der Waals surface area contributed by atoms with E-state index in [1.165, 1.54) is 11.3 Å². The highest BCUT2D eigenvalue weighted by Gasteiger charge is 2.16. The van der Waals surface area contributed by atoms with Crippen molar-refractivity contribution in [1.29, 1.82) is 0 Å². The van der Waals surface area contributed by atoms with Gasteiger partial charge in [-0.15, -0.1) is 11.3 Å². The third-order valence-corrected chi connectivity index (χ3v) is 5.76. The summed E-state index contributed by atoms with van der Waals surface area (Å²) in [5.41, 5.74) is 1.72. The van der Waals surface area contributed by atoms with Crippen LogP contribution in [0.25, 0.3) is 21.0 Å². The number of aromatic nitrogens is 1. The fourth-order valence-corrected chi connectivity index (χ4v) is 4.26. The largest absolute Gasteiger partial charge is 0.497 e. The maximum atomic E-state index is 12.7. The number of para-hydroxylation sites is 1. The molecule has 0 aliphatic carbocycles. The first-order chi connectivity index (χ1) is 13.1. The minimum atomic E-state index is -0.190. The van der Waals surface area contributed by atoms with Crippen molar-refractivity contribution in [2.24, 2.45) is 7.05 Å². The summed E-state index contributed by atoms with van der Waals surface area (Å²) < 4.78 is 7.68. The number of hydrogen-bond donors (Lipinski definition) is 1. The Balaban J connectivity index is 1.67. The molecule has 0 saturated heterocycles. The molecule has 0 fully saturated rings. The Morgan fingerprint density at radius 3 is 2.74 bits per heavy atom. The van der Waals surface area contributed by atoms with E-state index in [1.807, 2.05) is 48.5 Å². The second-order valence-electron chi connectivity index (χ2n) is 6.27. The van der Waals surface area contributed by atoms with Crippen LogP contribution < -0.4 is 15.6 Å². The summed E-state index contributed by atoms with van der Waals surface area (Å²) in [5, 5.41) is 4.47. The lowest BCUT2D eigenvalue weighted by molar-refractivity contribution is 0.0955. The van der Waals surface area contributed by atoms with Crippen LogP contribution in [0.2, 0.25) is 0 Å². The number of hydrogen-bond acceptors (Lipinski definition) is 4. The van der Waals surface area contributed by atoms with Gasteiger partial charge in [0.25, 0.3) is 11.5 Å². The predicted molar refractivity (Wildman–Crippen MR) is 109 cm³/mol. The highest BCUT2D eigenvalue weighted by molar-refractivity contribution is 7.21. The number of nitrogens with zero attached hydrogens (tertiary/aromatic N) is 1. The monoisotopic (exact) mass is 378 g/mol. The lowest BCUT2D eigenvalue weighted by atomic mass is 10.1. The molecule has 0 atom stereocenters. The SMILES string of the molecule is COc1cccc(CNC(=O)c2cc3c(=O)n(C)c4ccccc4c3s2)c1. The van der Waals surface area contributed by atoms with Gasteiger partial charge in [0.15, 0.2) is 0 Å². The van der Waals surface area contributed by atoms with Crippen molar-refractivity contribution in [1.82, 2.24) is 9.88 Å². The fourth-order valence-electron chi connectivity index (χ4n) is 3.16. The van der Waals surface area contributed by atoms with Crippen LogP contribution >= 0.6 is 11.3 Å². The van der Waals surface area contributed by atoms with E-state index in [2.05, 4.69) is 5.32 Å². The van der Waals surface area contributed by atoms with Crippen molar-refractivity contribution in [3.05, 3.63) is 75.4 Å². The van der Waals surface area contributed by atoms with E-state index in [0.29, 0.717) is 16.8 Å². The van der Waals surface area contributed by atoms with E-state index >= 15 is 0 Å². The first-order valence-corrected chi connectivity index (χ1v) is 9.32. The van der Waals surface area contributed by atoms with E-state index in [9.17, 15) is 9.59 Å². The average Bonchev–Trinajstić information content (AvgIpc) is 3.16. The Morgan fingerprint density at radius 2 is 1.93 bits per heavy atom. The van der Waals surface area contributed by atoms with Crippen molar-refractivity contribution >= 4 is 38.2 Å². The van der Waals surface area contributed by atoms with Gasteiger partial charge in [-0.1, -0.05) is 30.3 Å². The molecule has 27 heavy (non-hydrogen) atoms. The molecule has 136 valence electrons. The molecule has 4 rings (SSSR count). The van der Waals surface area contributed by atoms with Crippen LogP contribution in [-0.2, 0) is 13.6 Å². The molecule has 4 aromatic rings. The molecule has 0 radical (unpaired) electrons. The van der Waals surface area contributed by atoms with E-state index in [0.717, 1.165) is 26.9 Å². The normalized spacial score (nSPS) is 11.0. The number of aryl methyl sites for hydroxylation is 1. The zero-order valence-electron chi connectivity index (χ0n) is 15.0. The summed E-state index contributed by atoms with van der Waals surface area (Å²) in [4.78, 5) is 25.8. The lowest BCUT2D eigenvalue weighted by Gasteiger charge is -2.05. The Morgan fingerprint density at radius 1 is 1.11 bits per heavy atom. The number of fused-ring (bicyclic) bond motifs is 3. The lowest BCUT2D eigenvalue weighted by Crippen LogP contribution is -2.21. The van der Waals surface area contributed by atoms with Crippen LogP contribution in [0.3, 0.4) is 0 Å². The molecule has 0 bridgehead atoms. The molecule has 2 heterocycles. The smallest absolute Gasteiger partial charge is 0.261 e. The number of pyridine rings is 1. The molecule has 0 aliphatic heterocycles. The molecular weight excluding hydrogens is 360 g/mol. The summed E-state index contributed by atoms with van der Waals surface area (Å²) in [6, 6.07) is 17.0. The Hall–Kier alpha value is -3.12. The Labute approximate surface area is 159 Å². The van der Waals surface area contributed by atoms with Gasteiger partial charge in [-0.3, -0.25) is 9.59 Å². The summed E-state index contributed by atoms with van der Waals surface area (Å²) in [6.07, 6.45) is 0. The minimum Gasteiger partial charge on any atom is -0.497 e. The number of nitrogens with one attached hydrogen (secondary N) is 1. The molecule has 1 N–H and O–H groups in total. The highest BCUT2D eigenvalue weighted by atomic mass is 32.1. The second kappa shape index (κ2) is 6.89. The van der Waals surface area contributed by atoms with Crippen LogP contribution in [0.4, 0.5) is 0 Å². The number of carbonyl (C=O) groups excluding carboxylic acids is 1. The molecule has 0 unspecified atom stereocenters. The van der Waals surface area contributed by atoms with Crippen molar-refractivity contribution in [2.75, 3.05) is 7.11 Å². The topological polar surface area (TPSA) is 60.3 Å². The zero-order chi connectivity index (χ0) is 19.0. The molecule has 0 spiro atoms. The van der Waals surface area contributed by atoms with Crippen molar-refractivity contribution in [3.63, 3.8) is 0 Å². The van der Waals surface area contributed by atoms with E-state index in [-0.39, 0.29) is 11.5 Å². The molecule has 0 saturated carbocycles. The standard InChI is InChI=1S/C21H18N2O3S/c1-23-17-9-4-3-8-15(17)19-16(21(23)25)11-18(27-19)20(24)22-12-13-6-5-7-14(10-13)26-2/h3-11H,12H2,1-2H3,(H,22,24). The van der Waals surface area contributed by atoms with Gasteiger partial charge >= 0.3 is 0 Å². The zero-order valence-corrected chi connectivity index (χ0v) is 15.8. The Bertz CT molecular complexity index is 1220. The number of benzene rings is 2. The molecule has 2 aromatic carbocycles. The van der Waals surface area contributed by atoms with Crippen molar-refractivity contribution in [3.8, 4) is 5.75 Å². The quantitative estimate of drug-likeness (QED) is 0.589. The van der Waals surface area contributed by atoms with Crippen LogP contribution in [-0.4, -0.2) is 17.6 Å². The second-order valence-corrected chi connectivity index (χ2v) is 7.32. The summed E-state index contributed by atoms with van der Waals surface area (Å²) >= 11 is 1.35. The predicted octanol–water partition coefficient (Wildman–Crippen LogP) is 3.69. The molecular formula is C21H18N2O3S. The molecule has 1 amide bonds. The molecule has 2 aromatic heterocycles. The van der Waals surface area contributed by atoms with E-state index < -0.39 is 0 Å². The van der Waals surface area contributed by atoms with Crippen LogP contribution in [0.15, 0.2) is 59.4 Å². The third kappa shape index (κ3) is 3.08. The van der Waals surface area contributed by atoms with Crippen LogP contribution in [0.5, 0.6) is 5.75 Å². The van der Waals surface area contributed by atoms with Crippen molar-refractivity contribution < 1.29 is 9.53 Å². The number of thiophene rings is 1. The van der Waals surface area contributed by atoms with Crippen LogP contribution in [0, 0.1) is 0 Å². The van der Waals surface area contributed by atoms with Gasteiger partial charge in [0.05, 0.1) is 22.9 Å². The summed E-state index contributed by atoms with van der Waals surface area (Å²) in [5.74, 6) is 0.559. The Kier molecular flexibility index (Phi) is 4.41. The first kappa shape index (κ1) is 17.3. The maximum absolute atomic E-state index is 12.7. The number of amides is 1. The van der Waals surface area contributed by atoms with Gasteiger partial charge in [-0.25, -0.2) is 0 Å². The van der Waals surface area contributed by atoms with Gasteiger partial charge < -0.3 is 14.6 Å². The third-order valence-electron chi connectivity index (χ3n) is 4.59. The van der Waals surface area contributed by atoms with Gasteiger partial charge in [-0.05, 0) is 29.8 Å². The number of rotatable bonds is 4.